The number of cyclic esters (lactones) is 1. The molecule has 7 heteroatoms. The van der Waals surface area contributed by atoms with Crippen molar-refractivity contribution in [1.82, 2.24) is 10.2 Å². The molecule has 1 fully saturated rings. The third-order valence-electron chi connectivity index (χ3n) is 4.81. The molecule has 3 amide bonds. The first-order valence-corrected chi connectivity index (χ1v) is 9.76. The standard InChI is InChI=1S/C24H20N2O5/c27-22-16-30-24(29)26(22)15-21(17-7-3-1-4-8-17)25-23(28)18-11-13-20(14-12-18)31-19-9-5-2-6-10-19/h1-14,21H,15-16H2,(H,25,28). The van der Waals surface area contributed by atoms with Gasteiger partial charge in [-0.25, -0.2) is 9.69 Å². The molecule has 0 bridgehead atoms. The summed E-state index contributed by atoms with van der Waals surface area (Å²) in [7, 11) is 0. The Morgan fingerprint density at radius 1 is 0.903 bits per heavy atom. The second-order valence-corrected chi connectivity index (χ2v) is 6.94. The predicted molar refractivity (Wildman–Crippen MR) is 113 cm³/mol. The minimum Gasteiger partial charge on any atom is -0.457 e. The summed E-state index contributed by atoms with van der Waals surface area (Å²) >= 11 is 0. The Kier molecular flexibility index (Phi) is 5.93. The van der Waals surface area contributed by atoms with Gasteiger partial charge in [-0.3, -0.25) is 9.59 Å². The molecule has 1 unspecified atom stereocenters. The van der Waals surface area contributed by atoms with Crippen LogP contribution in [0.5, 0.6) is 11.5 Å². The van der Waals surface area contributed by atoms with Gasteiger partial charge in [0.05, 0.1) is 12.6 Å². The van der Waals surface area contributed by atoms with Crippen LogP contribution >= 0.6 is 0 Å². The molecule has 1 heterocycles. The van der Waals surface area contributed by atoms with Crippen molar-refractivity contribution in [3.05, 3.63) is 96.1 Å². The van der Waals surface area contributed by atoms with E-state index in [9.17, 15) is 14.4 Å². The number of ether oxygens (including phenoxy) is 2. The quantitative estimate of drug-likeness (QED) is 0.631. The van der Waals surface area contributed by atoms with Gasteiger partial charge in [0, 0.05) is 5.56 Å². The van der Waals surface area contributed by atoms with E-state index in [0.29, 0.717) is 17.1 Å². The normalized spacial score (nSPS) is 14.1. The summed E-state index contributed by atoms with van der Waals surface area (Å²) in [4.78, 5) is 37.7. The molecule has 0 spiro atoms. The monoisotopic (exact) mass is 416 g/mol. The van der Waals surface area contributed by atoms with Gasteiger partial charge in [-0.1, -0.05) is 48.5 Å². The van der Waals surface area contributed by atoms with Crippen molar-refractivity contribution in [3.63, 3.8) is 0 Å². The SMILES string of the molecule is O=C(NC(CN1C(=O)COC1=O)c1ccccc1)c1ccc(Oc2ccccc2)cc1. The number of imide groups is 1. The molecule has 0 radical (unpaired) electrons. The van der Waals surface area contributed by atoms with Crippen molar-refractivity contribution in [2.45, 2.75) is 6.04 Å². The van der Waals surface area contributed by atoms with E-state index in [0.717, 1.165) is 10.5 Å². The second kappa shape index (κ2) is 9.13. The fourth-order valence-corrected chi connectivity index (χ4v) is 3.20. The molecule has 0 aliphatic carbocycles. The molecule has 0 aromatic heterocycles. The largest absolute Gasteiger partial charge is 0.457 e. The molecule has 156 valence electrons. The molecule has 3 aromatic rings. The number of nitrogens with one attached hydrogen (secondary N) is 1. The van der Waals surface area contributed by atoms with E-state index in [1.807, 2.05) is 60.7 Å². The number of hydrogen-bond donors (Lipinski definition) is 1. The van der Waals surface area contributed by atoms with Gasteiger partial charge in [-0.2, -0.15) is 0 Å². The number of amides is 3. The first kappa shape index (κ1) is 20.2. The molecule has 1 aliphatic heterocycles. The lowest BCUT2D eigenvalue weighted by Crippen LogP contribution is -2.40. The van der Waals surface area contributed by atoms with Gasteiger partial charge in [0.1, 0.15) is 11.5 Å². The Morgan fingerprint density at radius 3 is 2.13 bits per heavy atom. The van der Waals surface area contributed by atoms with Crippen LogP contribution in [-0.2, 0) is 9.53 Å². The summed E-state index contributed by atoms with van der Waals surface area (Å²) in [5.74, 6) is 0.543. The topological polar surface area (TPSA) is 84.9 Å². The van der Waals surface area contributed by atoms with Gasteiger partial charge in [-0.15, -0.1) is 0 Å². The summed E-state index contributed by atoms with van der Waals surface area (Å²) in [6.07, 6.45) is -0.706. The smallest absolute Gasteiger partial charge is 0.417 e. The van der Waals surface area contributed by atoms with Crippen molar-refractivity contribution in [1.29, 1.82) is 0 Å². The number of para-hydroxylation sites is 1. The Labute approximate surface area is 179 Å². The van der Waals surface area contributed by atoms with E-state index < -0.39 is 18.0 Å². The van der Waals surface area contributed by atoms with Gasteiger partial charge >= 0.3 is 6.09 Å². The third-order valence-corrected chi connectivity index (χ3v) is 4.81. The Hall–Kier alpha value is -4.13. The van der Waals surface area contributed by atoms with Crippen molar-refractivity contribution < 1.29 is 23.9 Å². The lowest BCUT2D eigenvalue weighted by Gasteiger charge is -2.23. The minimum atomic E-state index is -0.706. The second-order valence-electron chi connectivity index (χ2n) is 6.94. The Morgan fingerprint density at radius 2 is 1.52 bits per heavy atom. The highest BCUT2D eigenvalue weighted by Gasteiger charge is 2.33. The molecular weight excluding hydrogens is 396 g/mol. The summed E-state index contributed by atoms with van der Waals surface area (Å²) in [6.45, 7) is -0.292. The van der Waals surface area contributed by atoms with Crippen molar-refractivity contribution in [2.75, 3.05) is 13.2 Å². The molecule has 1 saturated heterocycles. The molecule has 4 rings (SSSR count). The summed E-state index contributed by atoms with van der Waals surface area (Å²) in [5, 5.41) is 2.91. The average molecular weight is 416 g/mol. The first-order valence-electron chi connectivity index (χ1n) is 9.76. The molecule has 3 aromatic carbocycles. The lowest BCUT2D eigenvalue weighted by atomic mass is 10.1. The fourth-order valence-electron chi connectivity index (χ4n) is 3.20. The van der Waals surface area contributed by atoms with E-state index in [4.69, 9.17) is 9.47 Å². The number of hydrogen-bond acceptors (Lipinski definition) is 5. The number of benzene rings is 3. The van der Waals surface area contributed by atoms with Gasteiger partial charge in [0.2, 0.25) is 0 Å². The molecule has 7 nitrogen and oxygen atoms in total. The van der Waals surface area contributed by atoms with E-state index in [1.165, 1.54) is 0 Å². The maximum atomic E-state index is 12.9. The van der Waals surface area contributed by atoms with Gasteiger partial charge in [0.15, 0.2) is 6.61 Å². The van der Waals surface area contributed by atoms with E-state index in [2.05, 4.69) is 5.32 Å². The van der Waals surface area contributed by atoms with Gasteiger partial charge < -0.3 is 14.8 Å². The Bertz CT molecular complexity index is 1050. The molecule has 1 atom stereocenters. The summed E-state index contributed by atoms with van der Waals surface area (Å²) in [5.41, 5.74) is 1.20. The van der Waals surface area contributed by atoms with Crippen LogP contribution in [0.15, 0.2) is 84.9 Å². The van der Waals surface area contributed by atoms with Crippen molar-refractivity contribution in [2.24, 2.45) is 0 Å². The molecule has 31 heavy (non-hydrogen) atoms. The van der Waals surface area contributed by atoms with Gasteiger partial charge in [-0.05, 0) is 42.0 Å². The van der Waals surface area contributed by atoms with Crippen LogP contribution in [0.1, 0.15) is 22.0 Å². The minimum absolute atomic E-state index is 0.0113. The lowest BCUT2D eigenvalue weighted by molar-refractivity contribution is -0.126. The molecule has 1 aliphatic rings. The van der Waals surface area contributed by atoms with Crippen LogP contribution in [0, 0.1) is 0 Å². The molecule has 0 saturated carbocycles. The molecular formula is C24H20N2O5. The molecule has 1 N–H and O–H groups in total. The van der Waals surface area contributed by atoms with Crippen LogP contribution in [0.4, 0.5) is 4.79 Å². The number of nitrogens with zero attached hydrogens (tertiary/aromatic N) is 1. The highest BCUT2D eigenvalue weighted by Crippen LogP contribution is 2.22. The van der Waals surface area contributed by atoms with Crippen LogP contribution in [0.25, 0.3) is 0 Å². The summed E-state index contributed by atoms with van der Waals surface area (Å²) in [6, 6.07) is 24.7. The van der Waals surface area contributed by atoms with Crippen molar-refractivity contribution >= 4 is 17.9 Å². The van der Waals surface area contributed by atoms with Crippen LogP contribution in [-0.4, -0.2) is 36.0 Å². The average Bonchev–Trinajstić information content (AvgIpc) is 3.12. The maximum absolute atomic E-state index is 12.9. The zero-order chi connectivity index (χ0) is 21.6. The maximum Gasteiger partial charge on any atom is 0.417 e. The van der Waals surface area contributed by atoms with E-state index in [1.54, 1.807) is 24.3 Å². The summed E-state index contributed by atoms with van der Waals surface area (Å²) < 4.78 is 10.5. The van der Waals surface area contributed by atoms with Crippen LogP contribution < -0.4 is 10.1 Å². The zero-order valence-corrected chi connectivity index (χ0v) is 16.6. The van der Waals surface area contributed by atoms with E-state index in [-0.39, 0.29) is 19.1 Å². The number of carbonyl (C=O) groups excluding carboxylic acids is 3. The van der Waals surface area contributed by atoms with E-state index >= 15 is 0 Å². The zero-order valence-electron chi connectivity index (χ0n) is 16.6. The van der Waals surface area contributed by atoms with Crippen LogP contribution in [0.3, 0.4) is 0 Å². The Balaban J connectivity index is 1.48. The first-order chi connectivity index (χ1) is 15.1. The number of carbonyl (C=O) groups is 3. The predicted octanol–water partition coefficient (Wildman–Crippen LogP) is 3.93. The third kappa shape index (κ3) is 4.90. The highest BCUT2D eigenvalue weighted by molar-refractivity contribution is 5.98. The van der Waals surface area contributed by atoms with Gasteiger partial charge in [0.25, 0.3) is 11.8 Å². The highest BCUT2D eigenvalue weighted by atomic mass is 16.6. The van der Waals surface area contributed by atoms with Crippen molar-refractivity contribution in [3.8, 4) is 11.5 Å². The fraction of sp³-hybridized carbons (Fsp3) is 0.125. The number of rotatable bonds is 7. The van der Waals surface area contributed by atoms with Crippen LogP contribution in [0.2, 0.25) is 0 Å².